The molecule has 2 heterocycles. The molecular formula is C27H20Cl2N2O6S. The van der Waals surface area contributed by atoms with Crippen LogP contribution in [-0.4, -0.2) is 41.7 Å². The molecule has 8 nitrogen and oxygen atoms in total. The molecule has 0 atom stereocenters. The number of halogens is 2. The summed E-state index contributed by atoms with van der Waals surface area (Å²) in [6.45, 7) is 0.626. The van der Waals surface area contributed by atoms with Crippen molar-refractivity contribution < 1.29 is 28.6 Å². The number of anilines is 1. The molecule has 0 spiro atoms. The van der Waals surface area contributed by atoms with Gasteiger partial charge < -0.3 is 19.5 Å². The molecule has 1 saturated heterocycles. The van der Waals surface area contributed by atoms with Gasteiger partial charge in [-0.15, -0.1) is 0 Å². The number of benzene rings is 3. The Balaban J connectivity index is 1.25. The van der Waals surface area contributed by atoms with Gasteiger partial charge in [-0.2, -0.15) is 0 Å². The third-order valence-electron chi connectivity index (χ3n) is 5.61. The number of amides is 3. The summed E-state index contributed by atoms with van der Waals surface area (Å²) >= 11 is 13.0. The van der Waals surface area contributed by atoms with E-state index in [4.69, 9.17) is 37.4 Å². The molecule has 2 aliphatic heterocycles. The molecule has 0 aliphatic carbocycles. The van der Waals surface area contributed by atoms with Gasteiger partial charge >= 0.3 is 0 Å². The Hall–Kier alpha value is -3.66. The van der Waals surface area contributed by atoms with Gasteiger partial charge in [0.25, 0.3) is 11.1 Å². The molecule has 5 rings (SSSR count). The molecule has 194 valence electrons. The summed E-state index contributed by atoms with van der Waals surface area (Å²) in [4.78, 5) is 39.3. The first-order chi connectivity index (χ1) is 18.4. The lowest BCUT2D eigenvalue weighted by Crippen LogP contribution is -2.36. The summed E-state index contributed by atoms with van der Waals surface area (Å²) in [6, 6.07) is 17.2. The summed E-state index contributed by atoms with van der Waals surface area (Å²) in [7, 11) is 0. The highest BCUT2D eigenvalue weighted by atomic mass is 35.5. The van der Waals surface area contributed by atoms with Gasteiger partial charge in [-0.05, 0) is 48.2 Å². The zero-order valence-corrected chi connectivity index (χ0v) is 22.1. The van der Waals surface area contributed by atoms with Gasteiger partial charge in [0.15, 0.2) is 11.5 Å². The minimum absolute atomic E-state index is 0.183. The van der Waals surface area contributed by atoms with Gasteiger partial charge in [0.05, 0.1) is 4.91 Å². The van der Waals surface area contributed by atoms with Crippen molar-refractivity contribution >= 4 is 63.8 Å². The van der Waals surface area contributed by atoms with E-state index in [1.165, 1.54) is 0 Å². The molecule has 0 unspecified atom stereocenters. The fraction of sp³-hybridized carbons (Fsp3) is 0.148. The predicted octanol–water partition coefficient (Wildman–Crippen LogP) is 6.02. The van der Waals surface area contributed by atoms with E-state index in [9.17, 15) is 14.4 Å². The zero-order chi connectivity index (χ0) is 26.6. The van der Waals surface area contributed by atoms with Crippen molar-refractivity contribution in [3.63, 3.8) is 0 Å². The molecule has 0 saturated carbocycles. The predicted molar refractivity (Wildman–Crippen MR) is 146 cm³/mol. The normalized spacial score (nSPS) is 15.6. The molecule has 3 aromatic carbocycles. The Morgan fingerprint density at radius 1 is 1.03 bits per heavy atom. The summed E-state index contributed by atoms with van der Waals surface area (Å²) in [5.74, 6) is 0.525. The summed E-state index contributed by atoms with van der Waals surface area (Å²) < 4.78 is 16.9. The van der Waals surface area contributed by atoms with E-state index in [2.05, 4.69) is 5.32 Å². The molecule has 11 heteroatoms. The van der Waals surface area contributed by atoms with Crippen molar-refractivity contribution in [2.75, 3.05) is 25.1 Å². The van der Waals surface area contributed by atoms with E-state index >= 15 is 0 Å². The molecule has 1 fully saturated rings. The van der Waals surface area contributed by atoms with Gasteiger partial charge in [0, 0.05) is 32.9 Å². The van der Waals surface area contributed by atoms with Gasteiger partial charge in [-0.3, -0.25) is 19.3 Å². The smallest absolute Gasteiger partial charge is 0.294 e. The van der Waals surface area contributed by atoms with Gasteiger partial charge in [0.1, 0.15) is 32.1 Å². The minimum atomic E-state index is -0.562. The van der Waals surface area contributed by atoms with Crippen LogP contribution >= 0.6 is 35.0 Å². The number of hydrogen-bond donors (Lipinski definition) is 1. The van der Waals surface area contributed by atoms with E-state index in [1.807, 2.05) is 0 Å². The number of carbonyl (C=O) groups excluding carboxylic acids is 3. The quantitative estimate of drug-likeness (QED) is 0.347. The fourth-order valence-electron chi connectivity index (χ4n) is 3.77. The third kappa shape index (κ3) is 5.91. The molecular weight excluding hydrogens is 551 g/mol. The van der Waals surface area contributed by atoms with Crippen molar-refractivity contribution in [3.8, 4) is 17.2 Å². The monoisotopic (exact) mass is 570 g/mol. The number of imide groups is 1. The van der Waals surface area contributed by atoms with Crippen LogP contribution in [0, 0.1) is 0 Å². The van der Waals surface area contributed by atoms with Gasteiger partial charge in [-0.1, -0.05) is 47.5 Å². The van der Waals surface area contributed by atoms with Crippen molar-refractivity contribution in [2.45, 2.75) is 6.61 Å². The maximum Gasteiger partial charge on any atom is 0.294 e. The number of hydrogen-bond acceptors (Lipinski definition) is 7. The number of carbonyl (C=O) groups is 3. The minimum Gasteiger partial charge on any atom is -0.488 e. The largest absolute Gasteiger partial charge is 0.488 e. The zero-order valence-electron chi connectivity index (χ0n) is 19.7. The van der Waals surface area contributed by atoms with Crippen LogP contribution in [0.4, 0.5) is 10.5 Å². The molecule has 0 aromatic heterocycles. The first kappa shape index (κ1) is 26.0. The molecule has 3 amide bonds. The Morgan fingerprint density at radius 2 is 1.82 bits per heavy atom. The number of nitrogens with one attached hydrogen (secondary N) is 1. The maximum atomic E-state index is 13.0. The highest BCUT2D eigenvalue weighted by Crippen LogP contribution is 2.35. The fourth-order valence-corrected chi connectivity index (χ4v) is 5.06. The van der Waals surface area contributed by atoms with E-state index in [-0.39, 0.29) is 11.5 Å². The first-order valence-corrected chi connectivity index (χ1v) is 13.1. The van der Waals surface area contributed by atoms with Crippen LogP contribution in [0.5, 0.6) is 17.2 Å². The van der Waals surface area contributed by atoms with Crippen molar-refractivity contribution in [2.24, 2.45) is 0 Å². The molecule has 0 radical (unpaired) electrons. The van der Waals surface area contributed by atoms with Crippen molar-refractivity contribution in [1.29, 1.82) is 0 Å². The van der Waals surface area contributed by atoms with Crippen LogP contribution in [0.25, 0.3) is 6.08 Å². The van der Waals surface area contributed by atoms with E-state index < -0.39 is 23.6 Å². The van der Waals surface area contributed by atoms with Gasteiger partial charge in [0.2, 0.25) is 5.91 Å². The Bertz CT molecular complexity index is 1460. The van der Waals surface area contributed by atoms with E-state index in [1.54, 1.807) is 66.7 Å². The standard InChI is InChI=1S/C27H20Cl2N2O6S/c28-18-6-5-17(20(29)12-18)15-37-21-4-2-1-3-16(21)11-24-26(33)31(27(34)38-24)14-25(32)30-19-7-8-22-23(13-19)36-10-9-35-22/h1-8,11-13H,9-10,14-15H2,(H,30,32)/b24-11+. The SMILES string of the molecule is O=C(CN1C(=O)S/C(=C/c2ccccc2OCc2ccc(Cl)cc2Cl)C1=O)Nc1ccc2c(c1)OCCO2. The average Bonchev–Trinajstić information content (AvgIpc) is 3.16. The number of rotatable bonds is 7. The average molecular weight is 571 g/mol. The van der Waals surface area contributed by atoms with Crippen LogP contribution in [0.2, 0.25) is 10.0 Å². The number of ether oxygens (including phenoxy) is 3. The second kappa shape index (κ2) is 11.4. The van der Waals surface area contributed by atoms with Crippen LogP contribution in [0.3, 0.4) is 0 Å². The highest BCUT2D eigenvalue weighted by molar-refractivity contribution is 8.18. The Kier molecular flexibility index (Phi) is 7.78. The number of nitrogens with zero attached hydrogens (tertiary/aromatic N) is 1. The number of fused-ring (bicyclic) bond motifs is 1. The molecule has 2 aliphatic rings. The van der Waals surface area contributed by atoms with Crippen LogP contribution in [0.1, 0.15) is 11.1 Å². The first-order valence-electron chi connectivity index (χ1n) is 11.5. The highest BCUT2D eigenvalue weighted by Gasteiger charge is 2.36. The van der Waals surface area contributed by atoms with Crippen molar-refractivity contribution in [1.82, 2.24) is 4.90 Å². The summed E-state index contributed by atoms with van der Waals surface area (Å²) in [5, 5.41) is 3.15. The number of thioether (sulfide) groups is 1. The van der Waals surface area contributed by atoms with E-state index in [0.717, 1.165) is 22.2 Å². The van der Waals surface area contributed by atoms with E-state index in [0.29, 0.717) is 51.8 Å². The third-order valence-corrected chi connectivity index (χ3v) is 7.10. The molecule has 38 heavy (non-hydrogen) atoms. The summed E-state index contributed by atoms with van der Waals surface area (Å²) in [6.07, 6.45) is 1.57. The molecule has 3 aromatic rings. The second-order valence-electron chi connectivity index (χ2n) is 8.24. The number of para-hydroxylation sites is 1. The Labute approximate surface area is 232 Å². The lowest BCUT2D eigenvalue weighted by atomic mass is 10.1. The van der Waals surface area contributed by atoms with Crippen molar-refractivity contribution in [3.05, 3.63) is 86.7 Å². The lowest BCUT2D eigenvalue weighted by molar-refractivity contribution is -0.127. The van der Waals surface area contributed by atoms with Gasteiger partial charge in [-0.25, -0.2) is 0 Å². The topological polar surface area (TPSA) is 94.2 Å². The van der Waals surface area contributed by atoms with Crippen LogP contribution < -0.4 is 19.5 Å². The molecule has 0 bridgehead atoms. The Morgan fingerprint density at radius 3 is 2.63 bits per heavy atom. The summed E-state index contributed by atoms with van der Waals surface area (Å²) in [5.41, 5.74) is 1.81. The lowest BCUT2D eigenvalue weighted by Gasteiger charge is -2.19. The maximum absolute atomic E-state index is 13.0. The van der Waals surface area contributed by atoms with Crippen LogP contribution in [0.15, 0.2) is 65.6 Å². The second-order valence-corrected chi connectivity index (χ2v) is 10.1. The molecule has 1 N–H and O–H groups in total. The van der Waals surface area contributed by atoms with Crippen LogP contribution in [-0.2, 0) is 16.2 Å².